The van der Waals surface area contributed by atoms with Crippen molar-refractivity contribution in [2.75, 3.05) is 18.5 Å². The van der Waals surface area contributed by atoms with Crippen LogP contribution in [0.3, 0.4) is 0 Å². The molecule has 0 aromatic heterocycles. The summed E-state index contributed by atoms with van der Waals surface area (Å²) in [6, 6.07) is 21.1. The van der Waals surface area contributed by atoms with E-state index < -0.39 is 10.0 Å². The van der Waals surface area contributed by atoms with E-state index in [-0.39, 0.29) is 10.8 Å². The zero-order valence-corrected chi connectivity index (χ0v) is 21.7. The first-order chi connectivity index (χ1) is 16.2. The highest BCUT2D eigenvalue weighted by Crippen LogP contribution is 2.25. The summed E-state index contributed by atoms with van der Waals surface area (Å²) in [5.74, 6) is 0.663. The Labute approximate surface area is 209 Å². The van der Waals surface area contributed by atoms with Crippen LogP contribution in [0.1, 0.15) is 36.2 Å². The second-order valence-corrected chi connectivity index (χ2v) is 11.0. The van der Waals surface area contributed by atoms with Crippen molar-refractivity contribution in [1.82, 2.24) is 4.72 Å². The predicted molar refractivity (Wildman–Crippen MR) is 139 cm³/mol. The summed E-state index contributed by atoms with van der Waals surface area (Å²) in [4.78, 5) is 13.0. The van der Waals surface area contributed by atoms with Gasteiger partial charge in [0.05, 0.1) is 17.1 Å². The molecule has 1 amide bonds. The molecule has 34 heavy (non-hydrogen) atoms. The van der Waals surface area contributed by atoms with Gasteiger partial charge in [-0.05, 0) is 66.8 Å². The number of rotatable bonds is 11. The van der Waals surface area contributed by atoms with E-state index in [1.165, 1.54) is 12.1 Å². The average molecular weight is 545 g/mol. The number of benzene rings is 3. The third kappa shape index (κ3) is 7.68. The van der Waals surface area contributed by atoms with Crippen molar-refractivity contribution < 1.29 is 17.9 Å². The number of amides is 1. The summed E-state index contributed by atoms with van der Waals surface area (Å²) in [6.07, 6.45) is 1.48. The molecule has 0 aliphatic carbocycles. The van der Waals surface area contributed by atoms with E-state index in [0.29, 0.717) is 42.5 Å². The summed E-state index contributed by atoms with van der Waals surface area (Å²) in [5.41, 5.74) is 1.95. The van der Waals surface area contributed by atoms with Crippen LogP contribution >= 0.6 is 15.9 Å². The molecule has 0 spiro atoms. The summed E-state index contributed by atoms with van der Waals surface area (Å²) in [7, 11) is -3.65. The van der Waals surface area contributed by atoms with Crippen molar-refractivity contribution >= 4 is 37.5 Å². The lowest BCUT2D eigenvalue weighted by atomic mass is 10.1. The number of carbonyl (C=O) groups is 1. The Balaban J connectivity index is 1.62. The van der Waals surface area contributed by atoms with Crippen LogP contribution in [0.25, 0.3) is 0 Å². The molecule has 2 N–H and O–H groups in total. The Morgan fingerprint density at radius 3 is 2.38 bits per heavy atom. The minimum absolute atomic E-state index is 0.138. The molecule has 0 atom stereocenters. The van der Waals surface area contributed by atoms with Gasteiger partial charge in [-0.1, -0.05) is 60.1 Å². The van der Waals surface area contributed by atoms with Crippen LogP contribution in [0.4, 0.5) is 5.69 Å². The first-order valence-corrected chi connectivity index (χ1v) is 13.4. The molecule has 3 aromatic rings. The number of hydrogen-bond donors (Lipinski definition) is 2. The minimum atomic E-state index is -3.65. The summed E-state index contributed by atoms with van der Waals surface area (Å²) >= 11 is 3.40. The summed E-state index contributed by atoms with van der Waals surface area (Å²) in [5, 5.41) is 2.81. The van der Waals surface area contributed by atoms with Gasteiger partial charge in [-0.25, -0.2) is 13.1 Å². The quantitative estimate of drug-likeness (QED) is 0.326. The van der Waals surface area contributed by atoms with Crippen LogP contribution < -0.4 is 14.8 Å². The van der Waals surface area contributed by atoms with E-state index in [2.05, 4.69) is 39.8 Å². The van der Waals surface area contributed by atoms with E-state index in [9.17, 15) is 13.2 Å². The smallest absolute Gasteiger partial charge is 0.259 e. The molecule has 0 bridgehead atoms. The molecule has 0 aliphatic heterocycles. The van der Waals surface area contributed by atoms with E-state index in [4.69, 9.17) is 4.74 Å². The lowest BCUT2D eigenvalue weighted by Crippen LogP contribution is -2.26. The van der Waals surface area contributed by atoms with E-state index in [1.54, 1.807) is 24.3 Å². The molecule has 6 nitrogen and oxygen atoms in total. The van der Waals surface area contributed by atoms with Crippen LogP contribution in [0.5, 0.6) is 5.75 Å². The van der Waals surface area contributed by atoms with E-state index in [1.807, 2.05) is 36.4 Å². The summed E-state index contributed by atoms with van der Waals surface area (Å²) < 4.78 is 34.4. The van der Waals surface area contributed by atoms with Gasteiger partial charge in [0.15, 0.2) is 0 Å². The van der Waals surface area contributed by atoms with Crippen molar-refractivity contribution in [1.29, 1.82) is 0 Å². The number of sulfonamides is 1. The van der Waals surface area contributed by atoms with Crippen LogP contribution in [-0.4, -0.2) is 27.5 Å². The molecule has 3 rings (SSSR count). The largest absolute Gasteiger partial charge is 0.493 e. The normalized spacial score (nSPS) is 11.4. The third-order valence-electron chi connectivity index (χ3n) is 5.11. The monoisotopic (exact) mass is 544 g/mol. The zero-order valence-electron chi connectivity index (χ0n) is 19.3. The van der Waals surface area contributed by atoms with Crippen LogP contribution in [0, 0.1) is 5.92 Å². The first kappa shape index (κ1) is 25.9. The van der Waals surface area contributed by atoms with Gasteiger partial charge < -0.3 is 10.1 Å². The predicted octanol–water partition coefficient (Wildman–Crippen LogP) is 5.65. The van der Waals surface area contributed by atoms with Crippen LogP contribution in [-0.2, 0) is 16.4 Å². The topological polar surface area (TPSA) is 84.5 Å². The molecule has 3 aromatic carbocycles. The minimum Gasteiger partial charge on any atom is -0.493 e. The van der Waals surface area contributed by atoms with Crippen molar-refractivity contribution in [2.24, 2.45) is 5.92 Å². The highest BCUT2D eigenvalue weighted by Gasteiger charge is 2.16. The number of anilines is 1. The van der Waals surface area contributed by atoms with Gasteiger partial charge >= 0.3 is 0 Å². The number of hydrogen-bond acceptors (Lipinski definition) is 4. The Hall–Kier alpha value is -2.68. The van der Waals surface area contributed by atoms with Gasteiger partial charge in [0.2, 0.25) is 10.0 Å². The van der Waals surface area contributed by atoms with Crippen molar-refractivity contribution in [2.45, 2.75) is 31.6 Å². The fraction of sp³-hybridized carbons (Fsp3) is 0.269. The van der Waals surface area contributed by atoms with Crippen molar-refractivity contribution in [3.05, 3.63) is 88.4 Å². The molecule has 0 saturated heterocycles. The van der Waals surface area contributed by atoms with Gasteiger partial charge in [-0.15, -0.1) is 0 Å². The lowest BCUT2D eigenvalue weighted by Gasteiger charge is -2.13. The molecular weight excluding hydrogens is 516 g/mol. The molecule has 0 fully saturated rings. The lowest BCUT2D eigenvalue weighted by molar-refractivity contribution is 0.102. The molecule has 0 aliphatic rings. The molecule has 0 radical (unpaired) electrons. The molecule has 8 heteroatoms. The van der Waals surface area contributed by atoms with Crippen LogP contribution in [0.2, 0.25) is 0 Å². The maximum absolute atomic E-state index is 12.9. The zero-order chi connectivity index (χ0) is 24.6. The average Bonchev–Trinajstić information content (AvgIpc) is 2.80. The third-order valence-corrected chi connectivity index (χ3v) is 7.08. The Kier molecular flexibility index (Phi) is 9.27. The standard InChI is InChI=1S/C26H29BrN2O4S/c1-19(2)15-17-33-25-13-8-21(27)18-24(25)26(30)29-22-9-11-23(12-10-22)34(31,32)28-16-14-20-6-4-3-5-7-20/h3-13,18-19,28H,14-17H2,1-2H3,(H,29,30). The van der Waals surface area contributed by atoms with Gasteiger partial charge in [0.1, 0.15) is 5.75 Å². The molecule has 180 valence electrons. The Morgan fingerprint density at radius 1 is 1.00 bits per heavy atom. The van der Waals surface area contributed by atoms with Gasteiger partial charge in [-0.2, -0.15) is 0 Å². The Bertz CT molecular complexity index is 1200. The Morgan fingerprint density at radius 2 is 1.71 bits per heavy atom. The van der Waals surface area contributed by atoms with E-state index >= 15 is 0 Å². The van der Waals surface area contributed by atoms with Crippen molar-refractivity contribution in [3.8, 4) is 5.75 Å². The molecular formula is C26H29BrN2O4S. The fourth-order valence-corrected chi connectivity index (χ4v) is 4.58. The number of carbonyl (C=O) groups excluding carboxylic acids is 1. The molecule has 0 heterocycles. The second-order valence-electron chi connectivity index (χ2n) is 8.28. The highest BCUT2D eigenvalue weighted by atomic mass is 79.9. The summed E-state index contributed by atoms with van der Waals surface area (Å²) in [6.45, 7) is 5.04. The van der Waals surface area contributed by atoms with Crippen molar-refractivity contribution in [3.63, 3.8) is 0 Å². The van der Waals surface area contributed by atoms with Gasteiger partial charge in [0.25, 0.3) is 5.91 Å². The SMILES string of the molecule is CC(C)CCOc1ccc(Br)cc1C(=O)Nc1ccc(S(=O)(=O)NCCc2ccccc2)cc1. The van der Waals surface area contributed by atoms with Crippen LogP contribution in [0.15, 0.2) is 82.2 Å². The number of nitrogens with one attached hydrogen (secondary N) is 2. The highest BCUT2D eigenvalue weighted by molar-refractivity contribution is 9.10. The maximum atomic E-state index is 12.9. The maximum Gasteiger partial charge on any atom is 0.259 e. The molecule has 0 unspecified atom stereocenters. The van der Waals surface area contributed by atoms with E-state index in [0.717, 1.165) is 16.5 Å². The second kappa shape index (κ2) is 12.1. The fourth-order valence-electron chi connectivity index (χ4n) is 3.18. The number of halogens is 1. The van der Waals surface area contributed by atoms with Gasteiger partial charge in [-0.3, -0.25) is 4.79 Å². The van der Waals surface area contributed by atoms with Gasteiger partial charge in [0, 0.05) is 16.7 Å². The molecule has 0 saturated carbocycles. The first-order valence-electron chi connectivity index (χ1n) is 11.1. The number of ether oxygens (including phenoxy) is 1.